The number of hydrogen-bond donors (Lipinski definition) is 1. The van der Waals surface area contributed by atoms with Crippen molar-refractivity contribution in [2.24, 2.45) is 5.41 Å². The van der Waals surface area contributed by atoms with Gasteiger partial charge in [-0.3, -0.25) is 4.79 Å². The second kappa shape index (κ2) is 8.09. The summed E-state index contributed by atoms with van der Waals surface area (Å²) in [6, 6.07) is 8.40. The van der Waals surface area contributed by atoms with Crippen LogP contribution in [-0.2, 0) is 16.4 Å². The van der Waals surface area contributed by atoms with E-state index < -0.39 is 15.3 Å². The monoisotopic (exact) mass is 441 g/mol. The molecule has 1 aromatic carbocycles. The lowest BCUT2D eigenvalue weighted by molar-refractivity contribution is 0.226. The third-order valence-electron chi connectivity index (χ3n) is 5.94. The Bertz CT molecular complexity index is 1270. The second-order valence-electron chi connectivity index (χ2n) is 8.49. The van der Waals surface area contributed by atoms with Crippen molar-refractivity contribution >= 4 is 9.84 Å². The van der Waals surface area contributed by atoms with Crippen LogP contribution in [0.1, 0.15) is 31.7 Å². The standard InChI is InChI=1S/C23H27N3O4S/c1-3-10-25-14-19(4-7-22(25)28)26-13-18(12-24-26)21-6-5-20(11-17(21)2)31(29,30)16-23(15-27)8-9-23/h4-7,11-14,27H,3,8-10,15-16H2,1-2H3. The van der Waals surface area contributed by atoms with Crippen LogP contribution in [0, 0.1) is 12.3 Å². The highest BCUT2D eigenvalue weighted by Gasteiger charge is 2.46. The molecular weight excluding hydrogens is 414 g/mol. The first kappa shape index (κ1) is 21.5. The van der Waals surface area contributed by atoms with E-state index in [2.05, 4.69) is 5.10 Å². The predicted octanol–water partition coefficient (Wildman–Crippen LogP) is 2.97. The van der Waals surface area contributed by atoms with Gasteiger partial charge in [-0.05, 0) is 55.5 Å². The number of benzene rings is 1. The van der Waals surface area contributed by atoms with E-state index in [1.54, 1.807) is 45.9 Å². The molecule has 7 nitrogen and oxygen atoms in total. The fourth-order valence-electron chi connectivity index (χ4n) is 3.84. The lowest BCUT2D eigenvalue weighted by atomic mass is 10.0. The summed E-state index contributed by atoms with van der Waals surface area (Å²) in [5.74, 6) is -0.0132. The molecule has 3 aromatic rings. The lowest BCUT2D eigenvalue weighted by Gasteiger charge is -2.13. The minimum atomic E-state index is -3.45. The average molecular weight is 442 g/mol. The van der Waals surface area contributed by atoms with E-state index in [-0.39, 0.29) is 22.8 Å². The molecule has 31 heavy (non-hydrogen) atoms. The minimum Gasteiger partial charge on any atom is -0.396 e. The zero-order chi connectivity index (χ0) is 22.2. The van der Waals surface area contributed by atoms with Gasteiger partial charge >= 0.3 is 0 Å². The fraction of sp³-hybridized carbons (Fsp3) is 0.391. The SMILES string of the molecule is CCCn1cc(-n2cc(-c3ccc(S(=O)(=O)CC4(CO)CC4)cc3C)cn2)ccc1=O. The lowest BCUT2D eigenvalue weighted by Crippen LogP contribution is -2.20. The summed E-state index contributed by atoms with van der Waals surface area (Å²) in [6.07, 6.45) is 7.77. The molecule has 2 aromatic heterocycles. The number of rotatable bonds is 8. The normalized spacial score (nSPS) is 15.2. The van der Waals surface area contributed by atoms with Crippen LogP contribution < -0.4 is 5.56 Å². The van der Waals surface area contributed by atoms with Gasteiger partial charge in [-0.25, -0.2) is 13.1 Å². The van der Waals surface area contributed by atoms with Crippen molar-refractivity contribution < 1.29 is 13.5 Å². The average Bonchev–Trinajstić information content (AvgIpc) is 3.33. The molecular formula is C23H27N3O4S. The van der Waals surface area contributed by atoms with Crippen molar-refractivity contribution in [1.29, 1.82) is 0 Å². The Morgan fingerprint density at radius 2 is 1.94 bits per heavy atom. The number of aliphatic hydroxyl groups excluding tert-OH is 1. The van der Waals surface area contributed by atoms with Crippen molar-refractivity contribution in [1.82, 2.24) is 14.3 Å². The number of nitrogens with zero attached hydrogens (tertiary/aromatic N) is 3. The van der Waals surface area contributed by atoms with Gasteiger partial charge in [-0.15, -0.1) is 0 Å². The molecule has 0 unspecified atom stereocenters. The van der Waals surface area contributed by atoms with Crippen LogP contribution in [0.15, 0.2) is 58.6 Å². The summed E-state index contributed by atoms with van der Waals surface area (Å²) in [7, 11) is -3.45. The molecule has 0 radical (unpaired) electrons. The zero-order valence-corrected chi connectivity index (χ0v) is 18.6. The summed E-state index contributed by atoms with van der Waals surface area (Å²) in [4.78, 5) is 12.2. The Kier molecular flexibility index (Phi) is 5.61. The highest BCUT2D eigenvalue weighted by Crippen LogP contribution is 2.47. The number of sulfone groups is 1. The Balaban J connectivity index is 1.61. The van der Waals surface area contributed by atoms with E-state index in [0.29, 0.717) is 6.54 Å². The van der Waals surface area contributed by atoms with Crippen molar-refractivity contribution in [2.45, 2.75) is 44.6 Å². The van der Waals surface area contributed by atoms with Crippen molar-refractivity contribution in [2.75, 3.05) is 12.4 Å². The molecule has 0 spiro atoms. The van der Waals surface area contributed by atoms with Crippen molar-refractivity contribution in [3.63, 3.8) is 0 Å². The topological polar surface area (TPSA) is 94.2 Å². The molecule has 0 amide bonds. The molecule has 0 bridgehead atoms. The maximum atomic E-state index is 12.8. The molecule has 4 rings (SSSR count). The van der Waals surface area contributed by atoms with Gasteiger partial charge in [0.25, 0.3) is 5.56 Å². The number of aryl methyl sites for hydroxylation is 2. The highest BCUT2D eigenvalue weighted by atomic mass is 32.2. The van der Waals surface area contributed by atoms with Crippen LogP contribution >= 0.6 is 0 Å². The summed E-state index contributed by atoms with van der Waals surface area (Å²) in [5.41, 5.74) is 2.89. The number of hydrogen-bond acceptors (Lipinski definition) is 5. The van der Waals surface area contributed by atoms with Crippen LogP contribution in [0.25, 0.3) is 16.8 Å². The summed E-state index contributed by atoms with van der Waals surface area (Å²) in [6.45, 7) is 4.46. The predicted molar refractivity (Wildman–Crippen MR) is 119 cm³/mol. The molecule has 164 valence electrons. The van der Waals surface area contributed by atoms with Gasteiger partial charge in [0, 0.05) is 42.6 Å². The first-order valence-electron chi connectivity index (χ1n) is 10.5. The zero-order valence-electron chi connectivity index (χ0n) is 17.8. The molecule has 1 aliphatic carbocycles. The maximum absolute atomic E-state index is 12.8. The number of pyridine rings is 1. The molecule has 8 heteroatoms. The molecule has 1 N–H and O–H groups in total. The van der Waals surface area contributed by atoms with E-state index in [1.807, 2.05) is 20.0 Å². The summed E-state index contributed by atoms with van der Waals surface area (Å²) >= 11 is 0. The van der Waals surface area contributed by atoms with E-state index in [0.717, 1.165) is 41.6 Å². The Labute approximate surface area is 181 Å². The molecule has 2 heterocycles. The van der Waals surface area contributed by atoms with Crippen LogP contribution in [0.5, 0.6) is 0 Å². The molecule has 1 fully saturated rings. The summed E-state index contributed by atoms with van der Waals surface area (Å²) < 4.78 is 29.0. The van der Waals surface area contributed by atoms with Gasteiger partial charge in [-0.1, -0.05) is 13.0 Å². The van der Waals surface area contributed by atoms with Crippen LogP contribution in [0.4, 0.5) is 0 Å². The molecule has 0 saturated heterocycles. The Morgan fingerprint density at radius 3 is 2.58 bits per heavy atom. The largest absolute Gasteiger partial charge is 0.396 e. The molecule has 0 aliphatic heterocycles. The van der Waals surface area contributed by atoms with E-state index >= 15 is 0 Å². The molecule has 1 saturated carbocycles. The van der Waals surface area contributed by atoms with Gasteiger partial charge in [0.05, 0.1) is 22.5 Å². The first-order valence-corrected chi connectivity index (χ1v) is 12.1. The van der Waals surface area contributed by atoms with Gasteiger partial charge in [0.15, 0.2) is 9.84 Å². The highest BCUT2D eigenvalue weighted by molar-refractivity contribution is 7.91. The molecule has 0 atom stereocenters. The summed E-state index contributed by atoms with van der Waals surface area (Å²) in [5, 5.41) is 13.9. The third-order valence-corrected chi connectivity index (χ3v) is 7.90. The van der Waals surface area contributed by atoms with Crippen LogP contribution in [0.3, 0.4) is 0 Å². The number of aliphatic hydroxyl groups is 1. The van der Waals surface area contributed by atoms with E-state index in [4.69, 9.17) is 0 Å². The van der Waals surface area contributed by atoms with E-state index in [1.165, 1.54) is 6.07 Å². The Morgan fingerprint density at radius 1 is 1.16 bits per heavy atom. The van der Waals surface area contributed by atoms with Crippen LogP contribution in [-0.4, -0.2) is 40.2 Å². The number of aromatic nitrogens is 3. The van der Waals surface area contributed by atoms with Crippen molar-refractivity contribution in [3.05, 3.63) is 64.8 Å². The fourth-order valence-corrected chi connectivity index (χ4v) is 5.82. The molecule has 1 aliphatic rings. The van der Waals surface area contributed by atoms with Gasteiger partial charge in [0.2, 0.25) is 0 Å². The first-order chi connectivity index (χ1) is 14.8. The quantitative estimate of drug-likeness (QED) is 0.580. The van der Waals surface area contributed by atoms with Gasteiger partial charge in [-0.2, -0.15) is 5.10 Å². The second-order valence-corrected chi connectivity index (χ2v) is 10.5. The van der Waals surface area contributed by atoms with Gasteiger partial charge < -0.3 is 9.67 Å². The van der Waals surface area contributed by atoms with Gasteiger partial charge in [0.1, 0.15) is 0 Å². The van der Waals surface area contributed by atoms with Crippen LogP contribution in [0.2, 0.25) is 0 Å². The van der Waals surface area contributed by atoms with Crippen molar-refractivity contribution in [3.8, 4) is 16.8 Å². The smallest absolute Gasteiger partial charge is 0.250 e. The van der Waals surface area contributed by atoms with E-state index in [9.17, 15) is 18.3 Å². The third kappa shape index (κ3) is 4.36. The minimum absolute atomic E-state index is 0.0132. The maximum Gasteiger partial charge on any atom is 0.250 e. The Hall–Kier alpha value is -2.71.